The van der Waals surface area contributed by atoms with Crippen molar-refractivity contribution < 1.29 is 24.6 Å². The maximum absolute atomic E-state index is 8.36. The highest BCUT2D eigenvalue weighted by Crippen LogP contribution is 2.11. The number of carbonyl (C=O) groups is 1. The summed E-state index contributed by atoms with van der Waals surface area (Å²) in [6, 6.07) is 0. The summed E-state index contributed by atoms with van der Waals surface area (Å²) in [5, 5.41) is 6.89. The summed E-state index contributed by atoms with van der Waals surface area (Å²) in [7, 11) is -2.62. The lowest BCUT2D eigenvalue weighted by atomic mass is 11.7. The van der Waals surface area contributed by atoms with E-state index in [0.29, 0.717) is 0 Å². The Balaban J connectivity index is 0. The molecule has 6 heteroatoms. The maximum Gasteiger partial charge on any atom is 0.324 e. The van der Waals surface area contributed by atoms with Crippen LogP contribution in [-0.4, -0.2) is 26.3 Å². The molecule has 0 aliphatic rings. The molecule has 0 aromatic carbocycles. The number of carboxylic acid groups (broad SMARTS) is 1. The van der Waals surface area contributed by atoms with Gasteiger partial charge < -0.3 is 19.8 Å². The Morgan fingerprint density at radius 2 is 1.29 bits per heavy atom. The second kappa shape index (κ2) is 9.24. The molecule has 4 N–H and O–H groups in total. The van der Waals surface area contributed by atoms with E-state index in [0.717, 1.165) is 0 Å². The molecule has 0 amide bonds. The van der Waals surface area contributed by atoms with Gasteiger partial charge in [-0.1, -0.05) is 0 Å². The quantitative estimate of drug-likeness (QED) is 0.245. The van der Waals surface area contributed by atoms with Gasteiger partial charge in [0.15, 0.2) is 0 Å². The summed E-state index contributed by atoms with van der Waals surface area (Å²) in [6.45, 7) is -0.250. The van der Waals surface area contributed by atoms with Crippen molar-refractivity contribution in [2.24, 2.45) is 0 Å². The molecule has 0 heterocycles. The highest BCUT2D eigenvalue weighted by Gasteiger charge is 1.76. The lowest BCUT2D eigenvalue weighted by molar-refractivity contribution is -0.122. The Bertz CT molecular complexity index is 32.3. The fraction of sp³-hybridized carbons (Fsp3) is 0. The van der Waals surface area contributed by atoms with Gasteiger partial charge in [0.1, 0.15) is 0 Å². The first-order valence-corrected chi connectivity index (χ1v) is 2.29. The van der Waals surface area contributed by atoms with Crippen LogP contribution in [0.3, 0.4) is 0 Å². The van der Waals surface area contributed by atoms with Gasteiger partial charge in [0.2, 0.25) is 0 Å². The summed E-state index contributed by atoms with van der Waals surface area (Å²) in [5.74, 6) is 0. The average Bonchev–Trinajstić information content (AvgIpc) is 1.33. The van der Waals surface area contributed by atoms with Crippen LogP contribution >= 0.6 is 8.60 Å². The fourth-order valence-electron chi connectivity index (χ4n) is 0. The van der Waals surface area contributed by atoms with Gasteiger partial charge in [-0.15, -0.1) is 0 Å². The molecule has 44 valence electrons. The molecule has 0 saturated heterocycles. The van der Waals surface area contributed by atoms with Gasteiger partial charge in [-0.3, -0.25) is 4.79 Å². The van der Waals surface area contributed by atoms with Gasteiger partial charge in [-0.05, 0) is 0 Å². The lowest BCUT2D eigenvalue weighted by Crippen LogP contribution is -1.54. The van der Waals surface area contributed by atoms with Crippen molar-refractivity contribution in [1.82, 2.24) is 0 Å². The molecule has 0 aliphatic carbocycles. The van der Waals surface area contributed by atoms with Crippen LogP contribution in [0.15, 0.2) is 0 Å². The first kappa shape index (κ1) is 9.91. The van der Waals surface area contributed by atoms with Crippen LogP contribution in [0.5, 0.6) is 0 Å². The molecule has 0 fully saturated rings. The lowest BCUT2D eigenvalue weighted by Gasteiger charge is -1.76. The Morgan fingerprint density at radius 1 is 1.29 bits per heavy atom. The van der Waals surface area contributed by atoms with Crippen LogP contribution in [0, 0.1) is 0 Å². The van der Waals surface area contributed by atoms with E-state index in [-0.39, 0.29) is 6.47 Å². The Hall–Kier alpha value is -0.220. The largest absolute Gasteiger partial charge is 0.483 e. The van der Waals surface area contributed by atoms with E-state index in [9.17, 15) is 0 Å². The minimum Gasteiger partial charge on any atom is -0.483 e. The van der Waals surface area contributed by atoms with E-state index in [1.807, 2.05) is 0 Å². The number of hydrogen-bond donors (Lipinski definition) is 4. The topological polar surface area (TPSA) is 98.0 Å². The molecule has 0 saturated carbocycles. The van der Waals surface area contributed by atoms with Crippen LogP contribution < -0.4 is 0 Å². The molecule has 0 spiro atoms. The molecular weight excluding hydrogens is 123 g/mol. The highest BCUT2D eigenvalue weighted by molar-refractivity contribution is 7.38. The number of rotatable bonds is 0. The van der Waals surface area contributed by atoms with Crippen molar-refractivity contribution in [3.63, 3.8) is 0 Å². The standard InChI is InChI=1S/CH2O2.H3O3P/c2-1-3;1-4(2)3/h1H,(H,2,3);1-3H. The van der Waals surface area contributed by atoms with Crippen molar-refractivity contribution in [1.29, 1.82) is 0 Å². The van der Waals surface area contributed by atoms with Crippen molar-refractivity contribution in [2.45, 2.75) is 0 Å². The van der Waals surface area contributed by atoms with Gasteiger partial charge >= 0.3 is 8.60 Å². The summed E-state index contributed by atoms with van der Waals surface area (Å²) in [6.07, 6.45) is 0. The third-order valence-corrected chi connectivity index (χ3v) is 0. The maximum atomic E-state index is 8.36. The molecule has 0 rings (SSSR count). The average molecular weight is 128 g/mol. The van der Waals surface area contributed by atoms with E-state index in [2.05, 4.69) is 0 Å². The minimum atomic E-state index is -2.62. The Kier molecular flexibility index (Phi) is 13.1. The molecule has 0 bridgehead atoms. The van der Waals surface area contributed by atoms with Crippen LogP contribution in [0.25, 0.3) is 0 Å². The first-order chi connectivity index (χ1) is 3.15. The van der Waals surface area contributed by atoms with Crippen LogP contribution in [-0.2, 0) is 4.79 Å². The Morgan fingerprint density at radius 3 is 1.29 bits per heavy atom. The van der Waals surface area contributed by atoms with Crippen molar-refractivity contribution in [2.75, 3.05) is 0 Å². The zero-order valence-corrected chi connectivity index (χ0v) is 4.12. The third-order valence-electron chi connectivity index (χ3n) is 0. The predicted octanol–water partition coefficient (Wildman–Crippen LogP) is -1.11. The van der Waals surface area contributed by atoms with E-state index in [1.54, 1.807) is 0 Å². The third kappa shape index (κ3) is 1710. The molecule has 0 radical (unpaired) electrons. The van der Waals surface area contributed by atoms with E-state index >= 15 is 0 Å². The Labute approximate surface area is 40.8 Å². The SMILES string of the molecule is O=CO.OP(O)O. The summed E-state index contributed by atoms with van der Waals surface area (Å²) in [5.41, 5.74) is 0. The highest BCUT2D eigenvalue weighted by atomic mass is 31.2. The fourth-order valence-corrected chi connectivity index (χ4v) is 0. The van der Waals surface area contributed by atoms with Crippen molar-refractivity contribution in [3.8, 4) is 0 Å². The molecule has 5 nitrogen and oxygen atoms in total. The van der Waals surface area contributed by atoms with Gasteiger partial charge in [-0.2, -0.15) is 0 Å². The minimum absolute atomic E-state index is 0.250. The van der Waals surface area contributed by atoms with Gasteiger partial charge in [0, 0.05) is 0 Å². The summed E-state index contributed by atoms with van der Waals surface area (Å²) < 4.78 is 0. The molecule has 0 aliphatic heterocycles. The molecular formula is CH5O5P. The van der Waals surface area contributed by atoms with E-state index in [4.69, 9.17) is 24.6 Å². The second-order valence-electron chi connectivity index (χ2n) is 0.374. The zero-order chi connectivity index (χ0) is 6.28. The number of hydrogen-bond acceptors (Lipinski definition) is 4. The first-order valence-electron chi connectivity index (χ1n) is 1.09. The molecule has 0 unspecified atom stereocenters. The smallest absolute Gasteiger partial charge is 0.324 e. The summed E-state index contributed by atoms with van der Waals surface area (Å²) >= 11 is 0. The van der Waals surface area contributed by atoms with Crippen LogP contribution in [0.1, 0.15) is 0 Å². The monoisotopic (exact) mass is 128 g/mol. The van der Waals surface area contributed by atoms with Crippen molar-refractivity contribution >= 4 is 15.1 Å². The molecule has 7 heavy (non-hydrogen) atoms. The predicted molar refractivity (Wildman–Crippen MR) is 22.3 cm³/mol. The molecule has 0 atom stereocenters. The molecule has 0 aromatic rings. The normalized spacial score (nSPS) is 6.86. The van der Waals surface area contributed by atoms with Crippen LogP contribution in [0.4, 0.5) is 0 Å². The molecule has 0 aromatic heterocycles. The van der Waals surface area contributed by atoms with E-state index in [1.165, 1.54) is 0 Å². The van der Waals surface area contributed by atoms with Crippen LogP contribution in [0.2, 0.25) is 0 Å². The van der Waals surface area contributed by atoms with E-state index < -0.39 is 8.60 Å². The van der Waals surface area contributed by atoms with Crippen molar-refractivity contribution in [3.05, 3.63) is 0 Å². The zero-order valence-electron chi connectivity index (χ0n) is 3.22. The van der Waals surface area contributed by atoms with Gasteiger partial charge in [0.05, 0.1) is 0 Å². The van der Waals surface area contributed by atoms with Gasteiger partial charge in [0.25, 0.3) is 6.47 Å². The second-order valence-corrected chi connectivity index (χ2v) is 0.910. The summed E-state index contributed by atoms with van der Waals surface area (Å²) in [4.78, 5) is 30.1. The van der Waals surface area contributed by atoms with Gasteiger partial charge in [-0.25, -0.2) is 0 Å².